The van der Waals surface area contributed by atoms with Crippen LogP contribution in [0.2, 0.25) is 0 Å². The van der Waals surface area contributed by atoms with E-state index in [1.54, 1.807) is 7.05 Å². The normalized spacial score (nSPS) is 16.5. The molecule has 28 heavy (non-hydrogen) atoms. The second-order valence-electron chi connectivity index (χ2n) is 7.69. The van der Waals surface area contributed by atoms with E-state index in [0.29, 0.717) is 5.56 Å². The van der Waals surface area contributed by atoms with Gasteiger partial charge in [0.25, 0.3) is 5.91 Å². The molecule has 1 aliphatic carbocycles. The highest BCUT2D eigenvalue weighted by molar-refractivity contribution is 5.94. The first kappa shape index (κ1) is 22.2. The van der Waals surface area contributed by atoms with Crippen LogP contribution < -0.4 is 16.0 Å². The van der Waals surface area contributed by atoms with E-state index in [2.05, 4.69) is 22.9 Å². The molecule has 156 valence electrons. The minimum atomic E-state index is -0.0635. The first-order chi connectivity index (χ1) is 13.6. The smallest absolute Gasteiger partial charge is 0.251 e. The summed E-state index contributed by atoms with van der Waals surface area (Å²) in [4.78, 5) is 16.6. The van der Waals surface area contributed by atoms with Gasteiger partial charge in [-0.15, -0.1) is 0 Å². The molecule has 6 nitrogen and oxygen atoms in total. The topological polar surface area (TPSA) is 85.8 Å². The van der Waals surface area contributed by atoms with Crippen molar-refractivity contribution in [1.82, 2.24) is 16.0 Å². The average molecular weight is 389 g/mol. The molecule has 0 aromatic heterocycles. The molecule has 0 saturated heterocycles. The zero-order valence-corrected chi connectivity index (χ0v) is 17.4. The second kappa shape index (κ2) is 11.7. The SMILES string of the molecule is CCNC(=NCC1(CCO)CCCCC1)NCCc1cccc(C(=O)NC)c1. The molecule has 0 bridgehead atoms. The molecule has 0 radical (unpaired) electrons. The van der Waals surface area contributed by atoms with Crippen molar-refractivity contribution in [2.45, 2.75) is 51.9 Å². The van der Waals surface area contributed by atoms with Gasteiger partial charge in [-0.1, -0.05) is 31.4 Å². The van der Waals surface area contributed by atoms with Gasteiger partial charge in [0.2, 0.25) is 0 Å². The summed E-state index contributed by atoms with van der Waals surface area (Å²) in [7, 11) is 1.64. The molecule has 0 aliphatic heterocycles. The van der Waals surface area contributed by atoms with E-state index in [4.69, 9.17) is 4.99 Å². The van der Waals surface area contributed by atoms with Crippen LogP contribution in [0.3, 0.4) is 0 Å². The lowest BCUT2D eigenvalue weighted by Crippen LogP contribution is -2.40. The van der Waals surface area contributed by atoms with Crippen LogP contribution in [0, 0.1) is 5.41 Å². The van der Waals surface area contributed by atoms with Crippen LogP contribution in [-0.4, -0.2) is 50.3 Å². The molecular weight excluding hydrogens is 352 g/mol. The first-order valence-corrected chi connectivity index (χ1v) is 10.6. The van der Waals surface area contributed by atoms with Crippen molar-refractivity contribution < 1.29 is 9.90 Å². The molecule has 4 N–H and O–H groups in total. The van der Waals surface area contributed by atoms with E-state index in [-0.39, 0.29) is 17.9 Å². The monoisotopic (exact) mass is 388 g/mol. The zero-order chi connectivity index (χ0) is 20.2. The van der Waals surface area contributed by atoms with Gasteiger partial charge < -0.3 is 21.1 Å². The number of amides is 1. The molecule has 6 heteroatoms. The van der Waals surface area contributed by atoms with Gasteiger partial charge in [-0.3, -0.25) is 9.79 Å². The maximum Gasteiger partial charge on any atom is 0.251 e. The van der Waals surface area contributed by atoms with E-state index < -0.39 is 0 Å². The average Bonchev–Trinajstić information content (AvgIpc) is 2.72. The van der Waals surface area contributed by atoms with Crippen molar-refractivity contribution in [2.24, 2.45) is 10.4 Å². The molecule has 1 aromatic carbocycles. The lowest BCUT2D eigenvalue weighted by molar-refractivity contribution is 0.0963. The van der Waals surface area contributed by atoms with E-state index in [9.17, 15) is 9.90 Å². The fraction of sp³-hybridized carbons (Fsp3) is 0.636. The summed E-state index contributed by atoms with van der Waals surface area (Å²) < 4.78 is 0. The highest BCUT2D eigenvalue weighted by Gasteiger charge is 2.31. The van der Waals surface area contributed by atoms with Gasteiger partial charge in [0, 0.05) is 38.9 Å². The Labute approximate surface area is 169 Å². The summed E-state index contributed by atoms with van der Waals surface area (Å²) in [6.07, 6.45) is 7.73. The van der Waals surface area contributed by atoms with Crippen molar-refractivity contribution in [2.75, 3.05) is 33.3 Å². The van der Waals surface area contributed by atoms with Gasteiger partial charge in [-0.2, -0.15) is 0 Å². The molecule has 0 spiro atoms. The Bertz CT molecular complexity index is 634. The van der Waals surface area contributed by atoms with Crippen molar-refractivity contribution in [3.63, 3.8) is 0 Å². The molecule has 1 fully saturated rings. The molecule has 1 amide bonds. The number of nitrogens with one attached hydrogen (secondary N) is 3. The van der Waals surface area contributed by atoms with Crippen LogP contribution in [0.5, 0.6) is 0 Å². The number of carbonyl (C=O) groups is 1. The van der Waals surface area contributed by atoms with Crippen LogP contribution >= 0.6 is 0 Å². The van der Waals surface area contributed by atoms with E-state index in [1.165, 1.54) is 19.3 Å². The van der Waals surface area contributed by atoms with Crippen LogP contribution in [-0.2, 0) is 6.42 Å². The van der Waals surface area contributed by atoms with E-state index in [0.717, 1.165) is 56.8 Å². The molecule has 2 rings (SSSR count). The number of hydrogen-bond acceptors (Lipinski definition) is 3. The number of carbonyl (C=O) groups excluding carboxylic acids is 1. The van der Waals surface area contributed by atoms with Crippen molar-refractivity contribution >= 4 is 11.9 Å². The lowest BCUT2D eigenvalue weighted by atomic mass is 9.72. The molecule has 1 saturated carbocycles. The summed E-state index contributed by atoms with van der Waals surface area (Å²) in [6.45, 7) is 4.62. The maximum absolute atomic E-state index is 11.8. The minimum Gasteiger partial charge on any atom is -0.396 e. The van der Waals surface area contributed by atoms with Crippen molar-refractivity contribution in [3.05, 3.63) is 35.4 Å². The van der Waals surface area contributed by atoms with Crippen molar-refractivity contribution in [1.29, 1.82) is 0 Å². The van der Waals surface area contributed by atoms with Gasteiger partial charge in [0.15, 0.2) is 5.96 Å². The number of hydrogen-bond donors (Lipinski definition) is 4. The quantitative estimate of drug-likeness (QED) is 0.387. The van der Waals surface area contributed by atoms with E-state index in [1.807, 2.05) is 24.3 Å². The summed E-state index contributed by atoms with van der Waals surface area (Å²) in [6, 6.07) is 7.71. The van der Waals surface area contributed by atoms with Crippen molar-refractivity contribution in [3.8, 4) is 0 Å². The standard InChI is InChI=1S/C22H36N4O2/c1-3-24-21(26-17-22(13-15-27)11-5-4-6-12-22)25-14-10-18-8-7-9-19(16-18)20(28)23-2/h7-9,16,27H,3-6,10-15,17H2,1-2H3,(H,23,28)(H2,24,25,26). The largest absolute Gasteiger partial charge is 0.396 e. The van der Waals surface area contributed by atoms with Gasteiger partial charge in [-0.05, 0) is 55.7 Å². The third kappa shape index (κ3) is 6.82. The molecule has 1 aliphatic rings. The Morgan fingerprint density at radius 2 is 2.00 bits per heavy atom. The highest BCUT2D eigenvalue weighted by atomic mass is 16.3. The Balaban J connectivity index is 1.93. The Morgan fingerprint density at radius 3 is 2.68 bits per heavy atom. The Kier molecular flexibility index (Phi) is 9.28. The number of nitrogens with zero attached hydrogens (tertiary/aromatic N) is 1. The Morgan fingerprint density at radius 1 is 1.21 bits per heavy atom. The number of aliphatic imine (C=N–C) groups is 1. The first-order valence-electron chi connectivity index (χ1n) is 10.6. The third-order valence-corrected chi connectivity index (χ3v) is 5.60. The molecular formula is C22H36N4O2. The van der Waals surface area contributed by atoms with Crippen LogP contribution in [0.25, 0.3) is 0 Å². The minimum absolute atomic E-state index is 0.0635. The van der Waals surface area contributed by atoms with Crippen LogP contribution in [0.15, 0.2) is 29.3 Å². The summed E-state index contributed by atoms with van der Waals surface area (Å²) in [5, 5.41) is 18.9. The third-order valence-electron chi connectivity index (χ3n) is 5.60. The summed E-state index contributed by atoms with van der Waals surface area (Å²) in [5.74, 6) is 0.763. The fourth-order valence-electron chi connectivity index (χ4n) is 3.95. The predicted octanol–water partition coefficient (Wildman–Crippen LogP) is 2.48. The molecule has 0 atom stereocenters. The summed E-state index contributed by atoms with van der Waals surface area (Å²) >= 11 is 0. The van der Waals surface area contributed by atoms with Gasteiger partial charge in [-0.25, -0.2) is 0 Å². The van der Waals surface area contributed by atoms with E-state index >= 15 is 0 Å². The van der Waals surface area contributed by atoms with Crippen LogP contribution in [0.4, 0.5) is 0 Å². The zero-order valence-electron chi connectivity index (χ0n) is 17.4. The Hall–Kier alpha value is -2.08. The number of aliphatic hydroxyl groups is 1. The van der Waals surface area contributed by atoms with Crippen LogP contribution in [0.1, 0.15) is 61.4 Å². The molecule has 0 heterocycles. The fourth-order valence-corrected chi connectivity index (χ4v) is 3.95. The van der Waals surface area contributed by atoms with Gasteiger partial charge >= 0.3 is 0 Å². The number of rotatable bonds is 9. The van der Waals surface area contributed by atoms with Gasteiger partial charge in [0.05, 0.1) is 0 Å². The summed E-state index contributed by atoms with van der Waals surface area (Å²) in [5.41, 5.74) is 1.95. The second-order valence-corrected chi connectivity index (χ2v) is 7.69. The number of benzene rings is 1. The number of aliphatic hydroxyl groups excluding tert-OH is 1. The predicted molar refractivity (Wildman–Crippen MR) is 115 cm³/mol. The number of guanidine groups is 1. The molecule has 1 aromatic rings. The maximum atomic E-state index is 11.8. The molecule has 0 unspecified atom stereocenters. The highest BCUT2D eigenvalue weighted by Crippen LogP contribution is 2.39. The van der Waals surface area contributed by atoms with Gasteiger partial charge in [0.1, 0.15) is 0 Å². The lowest BCUT2D eigenvalue weighted by Gasteiger charge is -2.35.